The maximum absolute atomic E-state index is 12.4. The van der Waals surface area contributed by atoms with E-state index in [1.165, 1.54) is 0 Å². The average Bonchev–Trinajstić information content (AvgIpc) is 2.58. The van der Waals surface area contributed by atoms with Crippen molar-refractivity contribution in [3.05, 3.63) is 70.1 Å². The van der Waals surface area contributed by atoms with E-state index in [1.807, 2.05) is 61.5 Å². The second kappa shape index (κ2) is 6.48. The lowest BCUT2D eigenvalue weighted by Crippen LogP contribution is -2.21. The molecule has 3 aromatic rings. The van der Waals surface area contributed by atoms with Crippen LogP contribution in [0.4, 0.5) is 0 Å². The number of fused-ring (bicyclic) bond motifs is 1. The van der Waals surface area contributed by atoms with E-state index in [0.717, 1.165) is 22.3 Å². The molecule has 0 amide bonds. The number of aromatic nitrogens is 2. The van der Waals surface area contributed by atoms with Crippen molar-refractivity contribution in [2.75, 3.05) is 6.61 Å². The van der Waals surface area contributed by atoms with Crippen molar-refractivity contribution < 1.29 is 4.74 Å². The predicted molar refractivity (Wildman–Crippen MR) is 93.5 cm³/mol. The lowest BCUT2D eigenvalue weighted by molar-refractivity contribution is 0.339. The van der Waals surface area contributed by atoms with Gasteiger partial charge in [-0.15, -0.1) is 0 Å². The first kappa shape index (κ1) is 15.0. The van der Waals surface area contributed by atoms with E-state index < -0.39 is 0 Å². The number of aryl methyl sites for hydroxylation is 1. The fourth-order valence-corrected chi connectivity index (χ4v) is 2.48. The molecule has 0 unspecified atom stereocenters. The standard InChI is InChI=1S/C19H18N2O2/c1-3-23-18-11-7-4-8-14(18)12-13-16-19(22)21(2)17-10-6-5-9-15(17)20-16/h4-13H,3H2,1-2H3. The fraction of sp³-hybridized carbons (Fsp3) is 0.158. The Kier molecular flexibility index (Phi) is 4.24. The molecule has 2 aromatic carbocycles. The first-order valence-corrected chi connectivity index (χ1v) is 7.56. The van der Waals surface area contributed by atoms with Crippen LogP contribution in [0.1, 0.15) is 18.2 Å². The molecule has 0 saturated heterocycles. The van der Waals surface area contributed by atoms with E-state index in [0.29, 0.717) is 12.3 Å². The minimum Gasteiger partial charge on any atom is -0.493 e. The van der Waals surface area contributed by atoms with Crippen molar-refractivity contribution in [3.8, 4) is 5.75 Å². The quantitative estimate of drug-likeness (QED) is 0.741. The Labute approximate surface area is 134 Å². The van der Waals surface area contributed by atoms with E-state index in [-0.39, 0.29) is 5.56 Å². The molecule has 0 aliphatic rings. The average molecular weight is 306 g/mol. The maximum Gasteiger partial charge on any atom is 0.276 e. The summed E-state index contributed by atoms with van der Waals surface area (Å²) in [6, 6.07) is 15.3. The summed E-state index contributed by atoms with van der Waals surface area (Å²) in [7, 11) is 1.76. The molecule has 116 valence electrons. The van der Waals surface area contributed by atoms with Gasteiger partial charge in [0.05, 0.1) is 17.6 Å². The van der Waals surface area contributed by atoms with Gasteiger partial charge in [0.2, 0.25) is 0 Å². The molecule has 1 heterocycles. The van der Waals surface area contributed by atoms with E-state index in [9.17, 15) is 4.79 Å². The van der Waals surface area contributed by atoms with Crippen LogP contribution in [0.15, 0.2) is 53.3 Å². The summed E-state index contributed by atoms with van der Waals surface area (Å²) in [5, 5.41) is 0. The maximum atomic E-state index is 12.4. The van der Waals surface area contributed by atoms with Gasteiger partial charge in [-0.3, -0.25) is 4.79 Å². The van der Waals surface area contributed by atoms with Crippen LogP contribution in [0.5, 0.6) is 5.75 Å². The molecule has 0 aliphatic carbocycles. The normalized spacial score (nSPS) is 11.2. The topological polar surface area (TPSA) is 44.1 Å². The van der Waals surface area contributed by atoms with Gasteiger partial charge in [-0.25, -0.2) is 4.98 Å². The molecule has 0 saturated carbocycles. The molecule has 0 N–H and O–H groups in total. The van der Waals surface area contributed by atoms with Gasteiger partial charge in [0.1, 0.15) is 11.4 Å². The minimum atomic E-state index is -0.117. The Hall–Kier alpha value is -2.88. The molecule has 4 nitrogen and oxygen atoms in total. The van der Waals surface area contributed by atoms with Crippen LogP contribution in [0.3, 0.4) is 0 Å². The molecule has 0 atom stereocenters. The number of hydrogen-bond donors (Lipinski definition) is 0. The molecule has 23 heavy (non-hydrogen) atoms. The summed E-state index contributed by atoms with van der Waals surface area (Å²) in [6.45, 7) is 2.54. The summed E-state index contributed by atoms with van der Waals surface area (Å²) < 4.78 is 7.22. The Morgan fingerprint density at radius 2 is 1.83 bits per heavy atom. The van der Waals surface area contributed by atoms with Crippen LogP contribution < -0.4 is 10.3 Å². The van der Waals surface area contributed by atoms with Gasteiger partial charge in [0.25, 0.3) is 5.56 Å². The van der Waals surface area contributed by atoms with E-state index >= 15 is 0 Å². The van der Waals surface area contributed by atoms with Gasteiger partial charge < -0.3 is 9.30 Å². The van der Waals surface area contributed by atoms with Crippen molar-refractivity contribution in [1.29, 1.82) is 0 Å². The van der Waals surface area contributed by atoms with Gasteiger partial charge in [0, 0.05) is 12.6 Å². The summed E-state index contributed by atoms with van der Waals surface area (Å²) in [5.41, 5.74) is 2.84. The lowest BCUT2D eigenvalue weighted by Gasteiger charge is -2.07. The number of benzene rings is 2. The van der Waals surface area contributed by atoms with Crippen molar-refractivity contribution in [2.45, 2.75) is 6.92 Å². The SMILES string of the molecule is CCOc1ccccc1C=Cc1nc2ccccc2n(C)c1=O. The van der Waals surface area contributed by atoms with Gasteiger partial charge >= 0.3 is 0 Å². The monoisotopic (exact) mass is 306 g/mol. The molecule has 3 rings (SSSR count). The van der Waals surface area contributed by atoms with Crippen molar-refractivity contribution in [1.82, 2.24) is 9.55 Å². The third-order valence-electron chi connectivity index (χ3n) is 3.65. The Morgan fingerprint density at radius 3 is 2.65 bits per heavy atom. The first-order valence-electron chi connectivity index (χ1n) is 7.56. The zero-order valence-corrected chi connectivity index (χ0v) is 13.2. The zero-order valence-electron chi connectivity index (χ0n) is 13.2. The van der Waals surface area contributed by atoms with Crippen LogP contribution in [-0.2, 0) is 7.05 Å². The van der Waals surface area contributed by atoms with Gasteiger partial charge in [-0.2, -0.15) is 0 Å². The molecule has 0 fully saturated rings. The third-order valence-corrected chi connectivity index (χ3v) is 3.65. The Morgan fingerprint density at radius 1 is 1.09 bits per heavy atom. The van der Waals surface area contributed by atoms with Gasteiger partial charge in [-0.1, -0.05) is 30.3 Å². The van der Waals surface area contributed by atoms with E-state index in [4.69, 9.17) is 4.74 Å². The van der Waals surface area contributed by atoms with Crippen LogP contribution in [0.25, 0.3) is 23.2 Å². The number of rotatable bonds is 4. The second-order valence-corrected chi connectivity index (χ2v) is 5.15. The molecule has 1 aromatic heterocycles. The van der Waals surface area contributed by atoms with Crippen LogP contribution in [0.2, 0.25) is 0 Å². The van der Waals surface area contributed by atoms with Crippen LogP contribution >= 0.6 is 0 Å². The number of para-hydroxylation sites is 3. The Bertz CT molecular complexity index is 926. The molecular formula is C19H18N2O2. The molecular weight excluding hydrogens is 288 g/mol. The third kappa shape index (κ3) is 3.01. The smallest absolute Gasteiger partial charge is 0.276 e. The molecule has 0 spiro atoms. The van der Waals surface area contributed by atoms with Crippen LogP contribution in [-0.4, -0.2) is 16.2 Å². The molecule has 0 radical (unpaired) electrons. The summed E-state index contributed by atoms with van der Waals surface area (Å²) in [5.74, 6) is 0.795. The molecule has 0 aliphatic heterocycles. The number of hydrogen-bond acceptors (Lipinski definition) is 3. The summed E-state index contributed by atoms with van der Waals surface area (Å²) >= 11 is 0. The van der Waals surface area contributed by atoms with E-state index in [1.54, 1.807) is 17.7 Å². The number of nitrogens with zero attached hydrogens (tertiary/aromatic N) is 2. The molecule has 0 bridgehead atoms. The minimum absolute atomic E-state index is 0.117. The van der Waals surface area contributed by atoms with Gasteiger partial charge in [0.15, 0.2) is 0 Å². The summed E-state index contributed by atoms with van der Waals surface area (Å²) in [6.07, 6.45) is 3.61. The van der Waals surface area contributed by atoms with E-state index in [2.05, 4.69) is 4.98 Å². The van der Waals surface area contributed by atoms with Gasteiger partial charge in [-0.05, 0) is 37.3 Å². The Balaban J connectivity index is 2.05. The van der Waals surface area contributed by atoms with Crippen molar-refractivity contribution in [3.63, 3.8) is 0 Å². The van der Waals surface area contributed by atoms with Crippen molar-refractivity contribution >= 4 is 23.2 Å². The zero-order chi connectivity index (χ0) is 16.2. The largest absolute Gasteiger partial charge is 0.493 e. The second-order valence-electron chi connectivity index (χ2n) is 5.15. The highest BCUT2D eigenvalue weighted by atomic mass is 16.5. The highest BCUT2D eigenvalue weighted by Gasteiger charge is 2.06. The van der Waals surface area contributed by atoms with Crippen molar-refractivity contribution in [2.24, 2.45) is 7.05 Å². The molecule has 4 heteroatoms. The summed E-state index contributed by atoms with van der Waals surface area (Å²) in [4.78, 5) is 16.9. The highest BCUT2D eigenvalue weighted by molar-refractivity contribution is 5.78. The fourth-order valence-electron chi connectivity index (χ4n) is 2.48. The highest BCUT2D eigenvalue weighted by Crippen LogP contribution is 2.20. The number of ether oxygens (including phenoxy) is 1. The predicted octanol–water partition coefficient (Wildman–Crippen LogP) is 3.50. The lowest BCUT2D eigenvalue weighted by atomic mass is 10.1. The first-order chi connectivity index (χ1) is 11.2. The van der Waals surface area contributed by atoms with Crippen LogP contribution in [0, 0.1) is 0 Å².